The third kappa shape index (κ3) is 6.13. The summed E-state index contributed by atoms with van der Waals surface area (Å²) in [4.78, 5) is 14.5. The van der Waals surface area contributed by atoms with Crippen LogP contribution in [0.5, 0.6) is 0 Å². The Morgan fingerprint density at radius 3 is 2.30 bits per heavy atom. The molecule has 23 heavy (non-hydrogen) atoms. The van der Waals surface area contributed by atoms with E-state index >= 15 is 0 Å². The Morgan fingerprint density at radius 2 is 1.78 bits per heavy atom. The lowest BCUT2D eigenvalue weighted by atomic mass is 9.87. The molecule has 0 amide bonds. The van der Waals surface area contributed by atoms with Crippen LogP contribution in [0.3, 0.4) is 0 Å². The quantitative estimate of drug-likeness (QED) is 0.716. The van der Waals surface area contributed by atoms with Gasteiger partial charge in [0.05, 0.1) is 18.8 Å². The van der Waals surface area contributed by atoms with E-state index in [9.17, 15) is 4.79 Å². The Labute approximate surface area is 145 Å². The van der Waals surface area contributed by atoms with Crippen molar-refractivity contribution in [3.8, 4) is 0 Å². The monoisotopic (exact) mass is 340 g/mol. The van der Waals surface area contributed by atoms with Crippen molar-refractivity contribution in [1.82, 2.24) is 4.90 Å². The van der Waals surface area contributed by atoms with Crippen LogP contribution in [0.2, 0.25) is 0 Å². The molecule has 0 aliphatic carbocycles. The van der Waals surface area contributed by atoms with Crippen LogP contribution in [0.4, 0.5) is 0 Å². The van der Waals surface area contributed by atoms with Crippen molar-refractivity contribution < 1.29 is 26.7 Å². The predicted molar refractivity (Wildman–Crippen MR) is 87.3 cm³/mol. The number of hydrogen-bond acceptors (Lipinski definition) is 4. The summed E-state index contributed by atoms with van der Waals surface area (Å²) in [5.41, 5.74) is 1.92. The van der Waals surface area contributed by atoms with E-state index in [0.717, 1.165) is 32.8 Å². The van der Waals surface area contributed by atoms with E-state index in [2.05, 4.69) is 25.7 Å². The molecule has 0 bridgehead atoms. The topological polar surface area (TPSA) is 38.8 Å². The van der Waals surface area contributed by atoms with E-state index in [1.165, 1.54) is 5.56 Å². The highest BCUT2D eigenvalue weighted by Gasteiger charge is 2.18. The third-order valence-electron chi connectivity index (χ3n) is 3.91. The zero-order valence-electron chi connectivity index (χ0n) is 14.5. The summed E-state index contributed by atoms with van der Waals surface area (Å²) < 4.78 is 10.9. The molecule has 0 saturated carbocycles. The number of carbonyl (C=O) groups is 1. The van der Waals surface area contributed by atoms with E-state index in [4.69, 9.17) is 9.47 Å². The third-order valence-corrected chi connectivity index (χ3v) is 3.91. The lowest BCUT2D eigenvalue weighted by Crippen LogP contribution is -3.00. The number of halogens is 1. The summed E-state index contributed by atoms with van der Waals surface area (Å²) in [7, 11) is 0. The second-order valence-electron chi connectivity index (χ2n) is 6.96. The number of morpholine rings is 1. The van der Waals surface area contributed by atoms with Crippen LogP contribution in [0, 0.1) is 0 Å². The molecule has 1 aliphatic heterocycles. The normalized spacial score (nSPS) is 17.2. The van der Waals surface area contributed by atoms with Crippen molar-refractivity contribution in [2.45, 2.75) is 39.2 Å². The van der Waals surface area contributed by atoms with E-state index in [1.807, 2.05) is 31.2 Å². The molecule has 2 rings (SSSR count). The first-order chi connectivity index (χ1) is 10.4. The van der Waals surface area contributed by atoms with E-state index in [-0.39, 0.29) is 29.9 Å². The molecular formula is C18H27ClNO3-. The van der Waals surface area contributed by atoms with Gasteiger partial charge in [0.1, 0.15) is 6.10 Å². The van der Waals surface area contributed by atoms with Gasteiger partial charge in [0.2, 0.25) is 0 Å². The van der Waals surface area contributed by atoms with Crippen LogP contribution in [0.25, 0.3) is 0 Å². The predicted octanol–water partition coefficient (Wildman–Crippen LogP) is -0.134. The standard InChI is InChI=1S/C18H27NO3.ClH/c1-14(13-19-9-11-21-12-10-19)22-17(20)15-5-7-16(8-6-15)18(2,3)4;/h5-8,14H,9-13H2,1-4H3;1H/p-1. The van der Waals surface area contributed by atoms with Crippen molar-refractivity contribution in [2.75, 3.05) is 32.8 Å². The van der Waals surface area contributed by atoms with Crippen molar-refractivity contribution in [3.63, 3.8) is 0 Å². The summed E-state index contributed by atoms with van der Waals surface area (Å²) in [6.07, 6.45) is -0.118. The fourth-order valence-corrected chi connectivity index (χ4v) is 2.54. The van der Waals surface area contributed by atoms with Gasteiger partial charge in [-0.15, -0.1) is 0 Å². The van der Waals surface area contributed by atoms with Crippen molar-refractivity contribution in [3.05, 3.63) is 35.4 Å². The molecule has 130 valence electrons. The van der Waals surface area contributed by atoms with E-state index in [1.54, 1.807) is 0 Å². The second kappa shape index (κ2) is 8.67. The fourth-order valence-electron chi connectivity index (χ4n) is 2.54. The highest BCUT2D eigenvalue weighted by atomic mass is 35.5. The SMILES string of the molecule is CC(CN1CCOCC1)OC(=O)c1ccc(C(C)(C)C)cc1.[Cl-]. The molecule has 1 aromatic carbocycles. The van der Waals surface area contributed by atoms with Crippen LogP contribution >= 0.6 is 0 Å². The lowest BCUT2D eigenvalue weighted by Gasteiger charge is -2.28. The number of benzene rings is 1. The van der Waals surface area contributed by atoms with Gasteiger partial charge in [0.25, 0.3) is 0 Å². The van der Waals surface area contributed by atoms with Crippen LogP contribution in [0.1, 0.15) is 43.6 Å². The van der Waals surface area contributed by atoms with Crippen LogP contribution in [-0.4, -0.2) is 49.8 Å². The Balaban J connectivity index is 0.00000264. The second-order valence-corrected chi connectivity index (χ2v) is 6.96. The Bertz CT molecular complexity index is 490. The maximum atomic E-state index is 12.2. The summed E-state index contributed by atoms with van der Waals surface area (Å²) >= 11 is 0. The molecule has 4 nitrogen and oxygen atoms in total. The molecular weight excluding hydrogens is 314 g/mol. The average molecular weight is 341 g/mol. The Morgan fingerprint density at radius 1 is 1.22 bits per heavy atom. The summed E-state index contributed by atoms with van der Waals surface area (Å²) in [6, 6.07) is 7.71. The van der Waals surface area contributed by atoms with Crippen LogP contribution in [0.15, 0.2) is 24.3 Å². The molecule has 5 heteroatoms. The van der Waals surface area contributed by atoms with Crippen molar-refractivity contribution in [1.29, 1.82) is 0 Å². The molecule has 1 saturated heterocycles. The first kappa shape index (κ1) is 19.9. The Kier molecular flexibility index (Phi) is 7.52. The molecule has 0 aromatic heterocycles. The van der Waals surface area contributed by atoms with E-state index < -0.39 is 0 Å². The lowest BCUT2D eigenvalue weighted by molar-refractivity contribution is -0.000647. The maximum Gasteiger partial charge on any atom is 0.338 e. The summed E-state index contributed by atoms with van der Waals surface area (Å²) in [5, 5.41) is 0. The van der Waals surface area contributed by atoms with Gasteiger partial charge in [0.15, 0.2) is 0 Å². The number of carbonyl (C=O) groups excluding carboxylic acids is 1. The van der Waals surface area contributed by atoms with Gasteiger partial charge in [-0.2, -0.15) is 0 Å². The van der Waals surface area contributed by atoms with Gasteiger partial charge in [0, 0.05) is 19.6 Å². The minimum Gasteiger partial charge on any atom is -1.00 e. The number of esters is 1. The Hall–Kier alpha value is -1.10. The summed E-state index contributed by atoms with van der Waals surface area (Å²) in [5.74, 6) is -0.249. The fraction of sp³-hybridized carbons (Fsp3) is 0.611. The van der Waals surface area contributed by atoms with Gasteiger partial charge in [-0.1, -0.05) is 32.9 Å². The van der Waals surface area contributed by atoms with Gasteiger partial charge >= 0.3 is 5.97 Å². The first-order valence-electron chi connectivity index (χ1n) is 7.98. The molecule has 1 aliphatic rings. The molecule has 0 N–H and O–H groups in total. The van der Waals surface area contributed by atoms with Gasteiger partial charge < -0.3 is 21.9 Å². The van der Waals surface area contributed by atoms with Crippen molar-refractivity contribution >= 4 is 5.97 Å². The van der Waals surface area contributed by atoms with Crippen molar-refractivity contribution in [2.24, 2.45) is 0 Å². The largest absolute Gasteiger partial charge is 1.00 e. The minimum absolute atomic E-state index is 0. The minimum atomic E-state index is -0.249. The number of nitrogens with zero attached hydrogens (tertiary/aromatic N) is 1. The molecule has 0 radical (unpaired) electrons. The highest BCUT2D eigenvalue weighted by Crippen LogP contribution is 2.22. The molecule has 1 atom stereocenters. The molecule has 1 fully saturated rings. The molecule has 1 heterocycles. The zero-order valence-corrected chi connectivity index (χ0v) is 15.2. The van der Waals surface area contributed by atoms with Crippen LogP contribution in [-0.2, 0) is 14.9 Å². The highest BCUT2D eigenvalue weighted by molar-refractivity contribution is 5.89. The number of rotatable bonds is 4. The van der Waals surface area contributed by atoms with E-state index in [0.29, 0.717) is 5.56 Å². The smallest absolute Gasteiger partial charge is 0.338 e. The molecule has 1 aromatic rings. The van der Waals surface area contributed by atoms with Gasteiger partial charge in [-0.3, -0.25) is 4.90 Å². The maximum absolute atomic E-state index is 12.2. The molecule has 1 unspecified atom stereocenters. The van der Waals surface area contributed by atoms with Crippen LogP contribution < -0.4 is 12.4 Å². The first-order valence-corrected chi connectivity index (χ1v) is 7.98. The van der Waals surface area contributed by atoms with Gasteiger partial charge in [-0.25, -0.2) is 4.79 Å². The number of ether oxygens (including phenoxy) is 2. The molecule has 0 spiro atoms. The van der Waals surface area contributed by atoms with Gasteiger partial charge in [-0.05, 0) is 30.0 Å². The average Bonchev–Trinajstić information content (AvgIpc) is 2.47. The number of hydrogen-bond donors (Lipinski definition) is 0. The summed E-state index contributed by atoms with van der Waals surface area (Å²) in [6.45, 7) is 12.5. The zero-order chi connectivity index (χ0) is 16.2.